The SMILES string of the molecule is O=C(NCc1cccnc1)c1cnc(NCc2ccccc2F)nc1. The number of amides is 1. The zero-order chi connectivity index (χ0) is 17.5. The Morgan fingerprint density at radius 2 is 1.80 bits per heavy atom. The van der Waals surface area contributed by atoms with Crippen LogP contribution in [0.2, 0.25) is 0 Å². The predicted octanol–water partition coefficient (Wildman–Crippen LogP) is 2.55. The number of rotatable bonds is 6. The minimum atomic E-state index is -0.290. The molecule has 2 N–H and O–H groups in total. The summed E-state index contributed by atoms with van der Waals surface area (Å²) in [5.41, 5.74) is 1.77. The second-order valence-corrected chi connectivity index (χ2v) is 5.28. The summed E-state index contributed by atoms with van der Waals surface area (Å²) in [4.78, 5) is 24.2. The molecular weight excluding hydrogens is 321 g/mol. The number of aromatic nitrogens is 3. The maximum Gasteiger partial charge on any atom is 0.254 e. The Kier molecular flexibility index (Phi) is 5.26. The Hall–Kier alpha value is -3.35. The van der Waals surface area contributed by atoms with Gasteiger partial charge in [0.2, 0.25) is 5.95 Å². The number of anilines is 1. The highest BCUT2D eigenvalue weighted by molar-refractivity contribution is 5.93. The molecule has 0 spiro atoms. The molecule has 0 aliphatic carbocycles. The molecule has 6 nitrogen and oxygen atoms in total. The monoisotopic (exact) mass is 337 g/mol. The molecule has 1 amide bonds. The molecule has 0 aliphatic heterocycles. The second kappa shape index (κ2) is 7.96. The maximum atomic E-state index is 13.5. The number of carbonyl (C=O) groups excluding carboxylic acids is 1. The number of benzene rings is 1. The highest BCUT2D eigenvalue weighted by Gasteiger charge is 2.07. The van der Waals surface area contributed by atoms with Gasteiger partial charge in [0.1, 0.15) is 5.82 Å². The highest BCUT2D eigenvalue weighted by atomic mass is 19.1. The van der Waals surface area contributed by atoms with Crippen LogP contribution in [0.1, 0.15) is 21.5 Å². The van der Waals surface area contributed by atoms with E-state index in [1.54, 1.807) is 36.7 Å². The first kappa shape index (κ1) is 16.5. The summed E-state index contributed by atoms with van der Waals surface area (Å²) in [6.07, 6.45) is 6.21. The van der Waals surface area contributed by atoms with Crippen molar-refractivity contribution in [1.29, 1.82) is 0 Å². The van der Waals surface area contributed by atoms with E-state index in [1.165, 1.54) is 18.5 Å². The molecule has 0 radical (unpaired) electrons. The predicted molar refractivity (Wildman–Crippen MR) is 91.2 cm³/mol. The molecule has 3 aromatic rings. The van der Waals surface area contributed by atoms with E-state index in [0.29, 0.717) is 23.6 Å². The van der Waals surface area contributed by atoms with Gasteiger partial charge in [-0.25, -0.2) is 14.4 Å². The third-order valence-corrected chi connectivity index (χ3v) is 3.48. The van der Waals surface area contributed by atoms with E-state index in [9.17, 15) is 9.18 Å². The van der Waals surface area contributed by atoms with Crippen LogP contribution in [0.4, 0.5) is 10.3 Å². The van der Waals surface area contributed by atoms with Gasteiger partial charge < -0.3 is 10.6 Å². The third kappa shape index (κ3) is 4.57. The fourth-order valence-corrected chi connectivity index (χ4v) is 2.14. The Morgan fingerprint density at radius 3 is 2.52 bits per heavy atom. The Balaban J connectivity index is 1.54. The lowest BCUT2D eigenvalue weighted by molar-refractivity contribution is 0.0950. The summed E-state index contributed by atoms with van der Waals surface area (Å²) in [5.74, 6) is -0.238. The number of carbonyl (C=O) groups is 1. The van der Waals surface area contributed by atoms with E-state index in [-0.39, 0.29) is 18.3 Å². The van der Waals surface area contributed by atoms with Gasteiger partial charge in [0.15, 0.2) is 0 Å². The standard InChI is InChI=1S/C18H16FN5O/c19-16-6-2-1-5-14(16)10-22-18-23-11-15(12-24-18)17(25)21-9-13-4-3-7-20-8-13/h1-8,11-12H,9-10H2,(H,21,25)(H,22,23,24). The zero-order valence-electron chi connectivity index (χ0n) is 13.3. The van der Waals surface area contributed by atoms with Gasteiger partial charge in [-0.05, 0) is 17.7 Å². The molecule has 0 aliphatic rings. The Labute approximate surface area is 144 Å². The zero-order valence-corrected chi connectivity index (χ0v) is 13.3. The molecule has 0 unspecified atom stereocenters. The van der Waals surface area contributed by atoms with Crippen molar-refractivity contribution in [1.82, 2.24) is 20.3 Å². The van der Waals surface area contributed by atoms with Crippen molar-refractivity contribution in [2.45, 2.75) is 13.1 Å². The highest BCUT2D eigenvalue weighted by Crippen LogP contribution is 2.08. The van der Waals surface area contributed by atoms with Crippen LogP contribution >= 0.6 is 0 Å². The number of hydrogen-bond donors (Lipinski definition) is 2. The van der Waals surface area contributed by atoms with Crippen LogP contribution in [0, 0.1) is 5.82 Å². The van der Waals surface area contributed by atoms with Gasteiger partial charge in [-0.2, -0.15) is 0 Å². The first-order chi connectivity index (χ1) is 12.2. The third-order valence-electron chi connectivity index (χ3n) is 3.48. The molecule has 25 heavy (non-hydrogen) atoms. The lowest BCUT2D eigenvalue weighted by atomic mass is 10.2. The fraction of sp³-hybridized carbons (Fsp3) is 0.111. The quantitative estimate of drug-likeness (QED) is 0.723. The van der Waals surface area contributed by atoms with Crippen LogP contribution in [0.15, 0.2) is 61.2 Å². The normalized spacial score (nSPS) is 10.3. The maximum absolute atomic E-state index is 13.5. The van der Waals surface area contributed by atoms with Gasteiger partial charge in [0, 0.05) is 43.4 Å². The van der Waals surface area contributed by atoms with Crippen molar-refractivity contribution in [3.63, 3.8) is 0 Å². The van der Waals surface area contributed by atoms with Crippen molar-refractivity contribution < 1.29 is 9.18 Å². The van der Waals surface area contributed by atoms with Crippen LogP contribution < -0.4 is 10.6 Å². The average Bonchev–Trinajstić information content (AvgIpc) is 2.67. The Morgan fingerprint density at radius 1 is 1.00 bits per heavy atom. The molecule has 0 atom stereocenters. The number of nitrogens with one attached hydrogen (secondary N) is 2. The summed E-state index contributed by atoms with van der Waals surface area (Å²) in [5, 5.41) is 5.69. The van der Waals surface area contributed by atoms with E-state index in [1.807, 2.05) is 6.07 Å². The smallest absolute Gasteiger partial charge is 0.254 e. The summed E-state index contributed by atoms with van der Waals surface area (Å²) in [6, 6.07) is 10.2. The number of hydrogen-bond acceptors (Lipinski definition) is 5. The van der Waals surface area contributed by atoms with Crippen molar-refractivity contribution >= 4 is 11.9 Å². The number of pyridine rings is 1. The molecule has 7 heteroatoms. The van der Waals surface area contributed by atoms with E-state index < -0.39 is 0 Å². The van der Waals surface area contributed by atoms with Gasteiger partial charge in [0.25, 0.3) is 5.91 Å². The Bertz CT molecular complexity index is 840. The molecule has 1 aromatic carbocycles. The molecule has 3 rings (SSSR count). The van der Waals surface area contributed by atoms with Gasteiger partial charge in [-0.15, -0.1) is 0 Å². The lowest BCUT2D eigenvalue weighted by Crippen LogP contribution is -2.23. The van der Waals surface area contributed by atoms with Gasteiger partial charge in [-0.3, -0.25) is 9.78 Å². The van der Waals surface area contributed by atoms with Gasteiger partial charge >= 0.3 is 0 Å². The van der Waals surface area contributed by atoms with Crippen molar-refractivity contribution in [3.8, 4) is 0 Å². The van der Waals surface area contributed by atoms with Crippen LogP contribution in [0.5, 0.6) is 0 Å². The van der Waals surface area contributed by atoms with Crippen LogP contribution in [-0.4, -0.2) is 20.9 Å². The largest absolute Gasteiger partial charge is 0.350 e. The minimum absolute atomic E-state index is 0.263. The molecule has 0 fully saturated rings. The average molecular weight is 337 g/mol. The summed E-state index contributed by atoms with van der Waals surface area (Å²) in [7, 11) is 0. The molecule has 2 aromatic heterocycles. The summed E-state index contributed by atoms with van der Waals surface area (Å²) >= 11 is 0. The first-order valence-corrected chi connectivity index (χ1v) is 7.69. The van der Waals surface area contributed by atoms with Crippen molar-refractivity contribution in [3.05, 3.63) is 83.7 Å². The summed E-state index contributed by atoms with van der Waals surface area (Å²) in [6.45, 7) is 0.638. The van der Waals surface area contributed by atoms with Gasteiger partial charge in [0.05, 0.1) is 5.56 Å². The lowest BCUT2D eigenvalue weighted by Gasteiger charge is -2.07. The molecule has 0 saturated carbocycles. The van der Waals surface area contributed by atoms with Crippen LogP contribution in [-0.2, 0) is 13.1 Å². The second-order valence-electron chi connectivity index (χ2n) is 5.28. The molecular formula is C18H16FN5O. The van der Waals surface area contributed by atoms with Crippen molar-refractivity contribution in [2.24, 2.45) is 0 Å². The number of halogens is 1. The van der Waals surface area contributed by atoms with E-state index in [4.69, 9.17) is 0 Å². The molecule has 126 valence electrons. The molecule has 0 bridgehead atoms. The van der Waals surface area contributed by atoms with Crippen molar-refractivity contribution in [2.75, 3.05) is 5.32 Å². The molecule has 0 saturated heterocycles. The first-order valence-electron chi connectivity index (χ1n) is 7.69. The minimum Gasteiger partial charge on any atom is -0.350 e. The van der Waals surface area contributed by atoms with E-state index in [2.05, 4.69) is 25.6 Å². The summed E-state index contributed by atoms with van der Waals surface area (Å²) < 4.78 is 13.5. The fourth-order valence-electron chi connectivity index (χ4n) is 2.14. The van der Waals surface area contributed by atoms with Gasteiger partial charge in [-0.1, -0.05) is 24.3 Å². The van der Waals surface area contributed by atoms with E-state index in [0.717, 1.165) is 5.56 Å². The van der Waals surface area contributed by atoms with E-state index >= 15 is 0 Å². The van der Waals surface area contributed by atoms with Crippen LogP contribution in [0.3, 0.4) is 0 Å². The van der Waals surface area contributed by atoms with Crippen LogP contribution in [0.25, 0.3) is 0 Å². The number of nitrogens with zero attached hydrogens (tertiary/aromatic N) is 3. The topological polar surface area (TPSA) is 79.8 Å². The molecule has 2 heterocycles.